The number of carboxylic acids is 1. The molecule has 2 aromatic heterocycles. The summed E-state index contributed by atoms with van der Waals surface area (Å²) in [6.45, 7) is 3.99. The van der Waals surface area contributed by atoms with Crippen molar-refractivity contribution in [1.82, 2.24) is 15.0 Å². The Bertz CT molecular complexity index is 675. The zero-order valence-corrected chi connectivity index (χ0v) is 12.4. The number of nitrogens with zero attached hydrogens (tertiary/aromatic N) is 4. The highest BCUT2D eigenvalue weighted by Gasteiger charge is 2.20. The van der Waals surface area contributed by atoms with E-state index in [9.17, 15) is 9.90 Å². The molecule has 3 heterocycles. The zero-order valence-electron chi connectivity index (χ0n) is 12.4. The maximum Gasteiger partial charge on any atom is 0.354 e. The van der Waals surface area contributed by atoms with Crippen LogP contribution in [0.3, 0.4) is 0 Å². The van der Waals surface area contributed by atoms with Crippen LogP contribution in [0.4, 0.5) is 5.82 Å². The molecular weight excluding hydrogens is 280 g/mol. The predicted molar refractivity (Wildman–Crippen MR) is 82.8 cm³/mol. The van der Waals surface area contributed by atoms with Crippen molar-refractivity contribution in [3.8, 4) is 11.4 Å². The number of aromatic nitrogens is 3. The molecule has 0 radical (unpaired) electrons. The SMILES string of the molecule is CC1CCCN(c2cc(C(=O)O)nc(-c3cccnc3)n2)C1. The van der Waals surface area contributed by atoms with Crippen LogP contribution in [0.15, 0.2) is 30.6 Å². The minimum absolute atomic E-state index is 0.0158. The minimum Gasteiger partial charge on any atom is -0.477 e. The highest BCUT2D eigenvalue weighted by Crippen LogP contribution is 2.24. The van der Waals surface area contributed by atoms with E-state index in [1.54, 1.807) is 24.5 Å². The fourth-order valence-electron chi connectivity index (χ4n) is 2.73. The van der Waals surface area contributed by atoms with Gasteiger partial charge in [-0.25, -0.2) is 14.8 Å². The van der Waals surface area contributed by atoms with Gasteiger partial charge >= 0.3 is 5.97 Å². The van der Waals surface area contributed by atoms with Gasteiger partial charge in [0.25, 0.3) is 0 Å². The number of hydrogen-bond acceptors (Lipinski definition) is 5. The third-order valence-corrected chi connectivity index (χ3v) is 3.83. The summed E-state index contributed by atoms with van der Waals surface area (Å²) in [7, 11) is 0. The van der Waals surface area contributed by atoms with E-state index in [0.29, 0.717) is 17.6 Å². The van der Waals surface area contributed by atoms with Crippen LogP contribution in [-0.2, 0) is 0 Å². The lowest BCUT2D eigenvalue weighted by Gasteiger charge is -2.32. The Balaban J connectivity index is 2.02. The number of carbonyl (C=O) groups is 1. The Morgan fingerprint density at radius 2 is 2.27 bits per heavy atom. The molecule has 1 aliphatic rings. The van der Waals surface area contributed by atoms with Gasteiger partial charge in [0.05, 0.1) is 0 Å². The van der Waals surface area contributed by atoms with Gasteiger partial charge in [-0.1, -0.05) is 6.92 Å². The zero-order chi connectivity index (χ0) is 15.5. The van der Waals surface area contributed by atoms with E-state index in [1.807, 2.05) is 6.07 Å². The van der Waals surface area contributed by atoms with Gasteiger partial charge in [-0.3, -0.25) is 4.98 Å². The van der Waals surface area contributed by atoms with E-state index in [2.05, 4.69) is 26.8 Å². The topological polar surface area (TPSA) is 79.2 Å². The Morgan fingerprint density at radius 1 is 1.41 bits per heavy atom. The van der Waals surface area contributed by atoms with E-state index >= 15 is 0 Å². The molecule has 0 amide bonds. The first-order valence-electron chi connectivity index (χ1n) is 7.41. The van der Waals surface area contributed by atoms with Crippen LogP contribution in [-0.4, -0.2) is 39.1 Å². The second-order valence-corrected chi connectivity index (χ2v) is 5.68. The van der Waals surface area contributed by atoms with Crippen molar-refractivity contribution in [1.29, 1.82) is 0 Å². The maximum atomic E-state index is 11.4. The molecule has 2 aromatic rings. The van der Waals surface area contributed by atoms with E-state index < -0.39 is 5.97 Å². The van der Waals surface area contributed by atoms with E-state index in [0.717, 1.165) is 25.1 Å². The van der Waals surface area contributed by atoms with Gasteiger partial charge in [0.15, 0.2) is 11.5 Å². The van der Waals surface area contributed by atoms with Crippen LogP contribution in [0, 0.1) is 5.92 Å². The van der Waals surface area contributed by atoms with Gasteiger partial charge in [0.1, 0.15) is 5.82 Å². The fourth-order valence-corrected chi connectivity index (χ4v) is 2.73. The molecule has 6 nitrogen and oxygen atoms in total. The number of carboxylic acid groups (broad SMARTS) is 1. The van der Waals surface area contributed by atoms with Crippen LogP contribution in [0.5, 0.6) is 0 Å². The average Bonchev–Trinajstić information content (AvgIpc) is 2.55. The van der Waals surface area contributed by atoms with Gasteiger partial charge in [-0.05, 0) is 30.9 Å². The summed E-state index contributed by atoms with van der Waals surface area (Å²) in [6.07, 6.45) is 5.60. The Labute approximate surface area is 128 Å². The molecule has 3 rings (SSSR count). The standard InChI is InChI=1S/C16H18N4O2/c1-11-4-3-7-20(10-11)14-8-13(16(21)22)18-15(19-14)12-5-2-6-17-9-12/h2,5-6,8-9,11H,3-4,7,10H2,1H3,(H,21,22). The molecule has 6 heteroatoms. The summed E-state index contributed by atoms with van der Waals surface area (Å²) in [4.78, 5) is 26.2. The second kappa shape index (κ2) is 6.09. The quantitative estimate of drug-likeness (QED) is 0.937. The van der Waals surface area contributed by atoms with Gasteiger partial charge in [-0.15, -0.1) is 0 Å². The number of pyridine rings is 1. The van der Waals surface area contributed by atoms with Crippen molar-refractivity contribution in [3.63, 3.8) is 0 Å². The predicted octanol–water partition coefficient (Wildman–Crippen LogP) is 2.47. The average molecular weight is 298 g/mol. The number of rotatable bonds is 3. The van der Waals surface area contributed by atoms with Crippen LogP contribution in [0.1, 0.15) is 30.3 Å². The molecule has 0 bridgehead atoms. The summed E-state index contributed by atoms with van der Waals surface area (Å²) < 4.78 is 0. The van der Waals surface area contributed by atoms with Crippen molar-refractivity contribution in [2.45, 2.75) is 19.8 Å². The molecule has 1 atom stereocenters. The van der Waals surface area contributed by atoms with Crippen LogP contribution < -0.4 is 4.90 Å². The molecule has 0 aromatic carbocycles. The van der Waals surface area contributed by atoms with Gasteiger partial charge < -0.3 is 10.0 Å². The van der Waals surface area contributed by atoms with Crippen LogP contribution >= 0.6 is 0 Å². The summed E-state index contributed by atoms with van der Waals surface area (Å²) >= 11 is 0. The third kappa shape index (κ3) is 3.05. The molecule has 114 valence electrons. The molecule has 1 aliphatic heterocycles. The molecule has 0 saturated carbocycles. The summed E-state index contributed by atoms with van der Waals surface area (Å²) in [6, 6.07) is 5.17. The lowest BCUT2D eigenvalue weighted by Crippen LogP contribution is -2.35. The highest BCUT2D eigenvalue weighted by molar-refractivity contribution is 5.87. The number of hydrogen-bond donors (Lipinski definition) is 1. The Hall–Kier alpha value is -2.50. The van der Waals surface area contributed by atoms with Crippen molar-refractivity contribution < 1.29 is 9.90 Å². The van der Waals surface area contributed by atoms with Gasteiger partial charge in [0, 0.05) is 37.1 Å². The lowest BCUT2D eigenvalue weighted by atomic mass is 10.0. The largest absolute Gasteiger partial charge is 0.477 e. The van der Waals surface area contributed by atoms with Crippen LogP contribution in [0.25, 0.3) is 11.4 Å². The monoisotopic (exact) mass is 298 g/mol. The van der Waals surface area contributed by atoms with Gasteiger partial charge in [-0.2, -0.15) is 0 Å². The normalized spacial score (nSPS) is 18.2. The smallest absolute Gasteiger partial charge is 0.354 e. The molecule has 1 fully saturated rings. The summed E-state index contributed by atoms with van der Waals surface area (Å²) in [5.41, 5.74) is 0.735. The molecule has 1 unspecified atom stereocenters. The van der Waals surface area contributed by atoms with Crippen molar-refractivity contribution in [3.05, 3.63) is 36.3 Å². The van der Waals surface area contributed by atoms with E-state index in [1.165, 1.54) is 6.42 Å². The first-order chi connectivity index (χ1) is 10.6. The van der Waals surface area contributed by atoms with Crippen molar-refractivity contribution in [2.24, 2.45) is 5.92 Å². The van der Waals surface area contributed by atoms with Crippen molar-refractivity contribution >= 4 is 11.8 Å². The third-order valence-electron chi connectivity index (χ3n) is 3.83. The fraction of sp³-hybridized carbons (Fsp3) is 0.375. The molecular formula is C16H18N4O2. The Kier molecular flexibility index (Phi) is 4.00. The second-order valence-electron chi connectivity index (χ2n) is 5.68. The van der Waals surface area contributed by atoms with Crippen LogP contribution in [0.2, 0.25) is 0 Å². The van der Waals surface area contributed by atoms with Gasteiger partial charge in [0.2, 0.25) is 0 Å². The first-order valence-corrected chi connectivity index (χ1v) is 7.41. The lowest BCUT2D eigenvalue weighted by molar-refractivity contribution is 0.0690. The number of anilines is 1. The maximum absolute atomic E-state index is 11.4. The molecule has 0 spiro atoms. The number of piperidine rings is 1. The summed E-state index contributed by atoms with van der Waals surface area (Å²) in [5.74, 6) is 0.622. The first kappa shape index (κ1) is 14.4. The van der Waals surface area contributed by atoms with E-state index in [-0.39, 0.29) is 5.69 Å². The Morgan fingerprint density at radius 3 is 2.95 bits per heavy atom. The molecule has 1 N–H and O–H groups in total. The molecule has 1 saturated heterocycles. The highest BCUT2D eigenvalue weighted by atomic mass is 16.4. The van der Waals surface area contributed by atoms with E-state index in [4.69, 9.17) is 0 Å². The molecule has 0 aliphatic carbocycles. The minimum atomic E-state index is -1.04. The number of aromatic carboxylic acids is 1. The summed E-state index contributed by atoms with van der Waals surface area (Å²) in [5, 5.41) is 9.31. The van der Waals surface area contributed by atoms with Crippen molar-refractivity contribution in [2.75, 3.05) is 18.0 Å². The molecule has 22 heavy (non-hydrogen) atoms.